The van der Waals surface area contributed by atoms with E-state index in [4.69, 9.17) is 11.6 Å². The SMILES string of the molecule is CN(Cc1ccccc1F)C(=O)CCC(=O)c1ccc(Cl)cc1. The fourth-order valence-electron chi connectivity index (χ4n) is 2.16. The molecule has 5 heteroatoms. The highest BCUT2D eigenvalue weighted by atomic mass is 35.5. The molecule has 0 heterocycles. The van der Waals surface area contributed by atoms with Crippen LogP contribution in [-0.4, -0.2) is 23.6 Å². The lowest BCUT2D eigenvalue weighted by atomic mass is 10.1. The molecule has 0 N–H and O–H groups in total. The summed E-state index contributed by atoms with van der Waals surface area (Å²) in [4.78, 5) is 25.5. The molecule has 0 radical (unpaired) electrons. The van der Waals surface area contributed by atoms with Crippen molar-refractivity contribution >= 4 is 23.3 Å². The van der Waals surface area contributed by atoms with Gasteiger partial charge < -0.3 is 4.90 Å². The second-order valence-electron chi connectivity index (χ2n) is 5.27. The first-order valence-electron chi connectivity index (χ1n) is 7.23. The first kappa shape index (κ1) is 17.2. The van der Waals surface area contributed by atoms with Gasteiger partial charge in [0.2, 0.25) is 5.91 Å². The fraction of sp³-hybridized carbons (Fsp3) is 0.222. The molecule has 0 aromatic heterocycles. The van der Waals surface area contributed by atoms with Gasteiger partial charge >= 0.3 is 0 Å². The summed E-state index contributed by atoms with van der Waals surface area (Å²) in [5, 5.41) is 0.558. The smallest absolute Gasteiger partial charge is 0.223 e. The standard InChI is InChI=1S/C18H17ClFNO2/c1-21(12-14-4-2-3-5-16(14)20)18(23)11-10-17(22)13-6-8-15(19)9-7-13/h2-9H,10-12H2,1H3. The lowest BCUT2D eigenvalue weighted by Gasteiger charge is -2.17. The van der Waals surface area contributed by atoms with Gasteiger partial charge in [-0.1, -0.05) is 29.8 Å². The third-order valence-corrected chi connectivity index (χ3v) is 3.78. The number of Topliss-reactive ketones (excluding diaryl/α,β-unsaturated/α-hetero) is 1. The van der Waals surface area contributed by atoms with Crippen molar-refractivity contribution in [2.24, 2.45) is 0 Å². The molecule has 0 saturated carbocycles. The van der Waals surface area contributed by atoms with E-state index in [2.05, 4.69) is 0 Å². The first-order chi connectivity index (χ1) is 11.0. The second kappa shape index (κ2) is 7.88. The van der Waals surface area contributed by atoms with Gasteiger partial charge in [0.25, 0.3) is 0 Å². The Kier molecular flexibility index (Phi) is 5.88. The van der Waals surface area contributed by atoms with Crippen LogP contribution in [0.2, 0.25) is 5.02 Å². The minimum absolute atomic E-state index is 0.0897. The van der Waals surface area contributed by atoms with Crippen LogP contribution in [-0.2, 0) is 11.3 Å². The van der Waals surface area contributed by atoms with E-state index in [0.717, 1.165) is 0 Å². The third kappa shape index (κ3) is 4.89. The predicted molar refractivity (Wildman–Crippen MR) is 87.9 cm³/mol. The topological polar surface area (TPSA) is 37.4 Å². The molecule has 0 atom stereocenters. The molecule has 0 aliphatic rings. The van der Waals surface area contributed by atoms with Gasteiger partial charge in [-0.3, -0.25) is 9.59 Å². The molecule has 23 heavy (non-hydrogen) atoms. The van der Waals surface area contributed by atoms with E-state index >= 15 is 0 Å². The number of hydrogen-bond donors (Lipinski definition) is 0. The van der Waals surface area contributed by atoms with E-state index in [1.54, 1.807) is 49.5 Å². The summed E-state index contributed by atoms with van der Waals surface area (Å²) < 4.78 is 13.6. The van der Waals surface area contributed by atoms with Crippen LogP contribution < -0.4 is 0 Å². The van der Waals surface area contributed by atoms with Crippen LogP contribution in [0.25, 0.3) is 0 Å². The minimum Gasteiger partial charge on any atom is -0.341 e. The molecule has 2 aromatic carbocycles. The van der Waals surface area contributed by atoms with Gasteiger partial charge in [-0.25, -0.2) is 4.39 Å². The van der Waals surface area contributed by atoms with Gasteiger partial charge in [0.05, 0.1) is 0 Å². The number of carbonyl (C=O) groups excluding carboxylic acids is 2. The number of amides is 1. The fourth-order valence-corrected chi connectivity index (χ4v) is 2.29. The Hall–Kier alpha value is -2.20. The van der Waals surface area contributed by atoms with E-state index in [-0.39, 0.29) is 36.9 Å². The molecular formula is C18H17ClFNO2. The number of halogens is 2. The molecule has 0 bridgehead atoms. The molecular weight excluding hydrogens is 317 g/mol. The summed E-state index contributed by atoms with van der Waals surface area (Å²) in [6.07, 6.45) is 0.203. The highest BCUT2D eigenvalue weighted by Crippen LogP contribution is 2.13. The monoisotopic (exact) mass is 333 g/mol. The zero-order valence-corrected chi connectivity index (χ0v) is 13.5. The summed E-state index contributed by atoms with van der Waals surface area (Å²) in [5.41, 5.74) is 0.978. The molecule has 0 aliphatic carbocycles. The van der Waals surface area contributed by atoms with E-state index < -0.39 is 0 Å². The minimum atomic E-state index is -0.343. The first-order valence-corrected chi connectivity index (χ1v) is 7.61. The van der Waals surface area contributed by atoms with Crippen LogP contribution in [0.3, 0.4) is 0 Å². The molecule has 3 nitrogen and oxygen atoms in total. The van der Waals surface area contributed by atoms with Crippen molar-refractivity contribution in [1.82, 2.24) is 4.90 Å². The third-order valence-electron chi connectivity index (χ3n) is 3.52. The summed E-state index contributed by atoms with van der Waals surface area (Å²) in [7, 11) is 1.60. The Bertz CT molecular complexity index is 700. The predicted octanol–water partition coefficient (Wildman–Crippen LogP) is 4.10. The molecule has 0 spiro atoms. The molecule has 0 unspecified atom stereocenters. The summed E-state index contributed by atoms with van der Waals surface area (Å²) in [5.74, 6) is -0.658. The molecule has 1 amide bonds. The van der Waals surface area contributed by atoms with Crippen molar-refractivity contribution in [1.29, 1.82) is 0 Å². The average Bonchev–Trinajstić information content (AvgIpc) is 2.55. The normalized spacial score (nSPS) is 10.4. The van der Waals surface area contributed by atoms with Crippen LogP contribution >= 0.6 is 11.6 Å². The maximum Gasteiger partial charge on any atom is 0.223 e. The summed E-state index contributed by atoms with van der Waals surface area (Å²) >= 11 is 5.77. The van der Waals surface area contributed by atoms with E-state index in [1.165, 1.54) is 11.0 Å². The summed E-state index contributed by atoms with van der Waals surface area (Å²) in [6, 6.07) is 12.9. The van der Waals surface area contributed by atoms with Crippen molar-refractivity contribution in [2.75, 3.05) is 7.05 Å². The molecule has 120 valence electrons. The van der Waals surface area contributed by atoms with E-state index in [0.29, 0.717) is 16.1 Å². The number of benzene rings is 2. The zero-order valence-electron chi connectivity index (χ0n) is 12.8. The van der Waals surface area contributed by atoms with Crippen molar-refractivity contribution in [2.45, 2.75) is 19.4 Å². The number of ketones is 1. The van der Waals surface area contributed by atoms with Crippen LogP contribution in [0.4, 0.5) is 4.39 Å². The lowest BCUT2D eigenvalue weighted by molar-refractivity contribution is -0.130. The number of hydrogen-bond acceptors (Lipinski definition) is 2. The molecule has 0 fully saturated rings. The Morgan fingerprint density at radius 2 is 1.70 bits per heavy atom. The zero-order chi connectivity index (χ0) is 16.8. The van der Waals surface area contributed by atoms with Gasteiger partial charge in [0, 0.05) is 42.6 Å². The van der Waals surface area contributed by atoms with Crippen molar-refractivity contribution in [3.8, 4) is 0 Å². The van der Waals surface area contributed by atoms with Crippen molar-refractivity contribution < 1.29 is 14.0 Å². The van der Waals surface area contributed by atoms with Crippen LogP contribution in [0.1, 0.15) is 28.8 Å². The van der Waals surface area contributed by atoms with Crippen LogP contribution in [0, 0.1) is 5.82 Å². The molecule has 2 rings (SSSR count). The lowest BCUT2D eigenvalue weighted by Crippen LogP contribution is -2.27. The van der Waals surface area contributed by atoms with Crippen LogP contribution in [0.15, 0.2) is 48.5 Å². The van der Waals surface area contributed by atoms with Gasteiger partial charge in [-0.15, -0.1) is 0 Å². The van der Waals surface area contributed by atoms with Gasteiger partial charge in [0.15, 0.2) is 5.78 Å². The Balaban J connectivity index is 1.87. The van der Waals surface area contributed by atoms with Gasteiger partial charge in [0.1, 0.15) is 5.82 Å². The van der Waals surface area contributed by atoms with Crippen LogP contribution in [0.5, 0.6) is 0 Å². The Labute approximate surface area is 139 Å². The molecule has 0 aliphatic heterocycles. The van der Waals surface area contributed by atoms with Gasteiger partial charge in [-0.2, -0.15) is 0 Å². The maximum absolute atomic E-state index is 13.6. The highest BCUT2D eigenvalue weighted by Gasteiger charge is 2.14. The number of nitrogens with zero attached hydrogens (tertiary/aromatic N) is 1. The summed E-state index contributed by atoms with van der Waals surface area (Å²) in [6.45, 7) is 0.181. The Morgan fingerprint density at radius 1 is 1.04 bits per heavy atom. The largest absolute Gasteiger partial charge is 0.341 e. The van der Waals surface area contributed by atoms with Crippen molar-refractivity contribution in [3.63, 3.8) is 0 Å². The second-order valence-corrected chi connectivity index (χ2v) is 5.71. The Morgan fingerprint density at radius 3 is 2.35 bits per heavy atom. The van der Waals surface area contributed by atoms with Gasteiger partial charge in [-0.05, 0) is 30.3 Å². The molecule has 0 saturated heterocycles. The number of rotatable bonds is 6. The number of carbonyl (C=O) groups is 2. The van der Waals surface area contributed by atoms with Crippen molar-refractivity contribution in [3.05, 3.63) is 70.5 Å². The van der Waals surface area contributed by atoms with E-state index in [9.17, 15) is 14.0 Å². The van der Waals surface area contributed by atoms with E-state index in [1.807, 2.05) is 0 Å². The molecule has 2 aromatic rings. The quantitative estimate of drug-likeness (QED) is 0.746. The maximum atomic E-state index is 13.6. The highest BCUT2D eigenvalue weighted by molar-refractivity contribution is 6.30. The average molecular weight is 334 g/mol.